The molecule has 172 valence electrons. The van der Waals surface area contributed by atoms with Crippen LogP contribution in [-0.2, 0) is 11.3 Å². The first-order chi connectivity index (χ1) is 16.0. The molecule has 0 aliphatic carbocycles. The number of nitrogens with zero attached hydrogens (tertiary/aromatic N) is 4. The lowest BCUT2D eigenvalue weighted by molar-refractivity contribution is 0.0147. The number of rotatable bonds is 6. The molecular weight excluding hydrogens is 420 g/mol. The van der Waals surface area contributed by atoms with Gasteiger partial charge in [-0.3, -0.25) is 9.69 Å². The van der Waals surface area contributed by atoms with E-state index in [0.29, 0.717) is 19.0 Å². The van der Waals surface area contributed by atoms with Crippen LogP contribution >= 0.6 is 0 Å². The first kappa shape index (κ1) is 21.6. The van der Waals surface area contributed by atoms with Crippen molar-refractivity contribution < 1.29 is 18.7 Å². The van der Waals surface area contributed by atoms with E-state index in [1.165, 1.54) is 5.56 Å². The van der Waals surface area contributed by atoms with Crippen LogP contribution in [0.3, 0.4) is 0 Å². The maximum absolute atomic E-state index is 12.7. The molecule has 0 unspecified atom stereocenters. The van der Waals surface area contributed by atoms with Crippen molar-refractivity contribution in [3.63, 3.8) is 0 Å². The highest BCUT2D eigenvalue weighted by Gasteiger charge is 2.35. The molecule has 2 aliphatic rings. The van der Waals surface area contributed by atoms with E-state index >= 15 is 0 Å². The molecule has 2 aromatic carbocycles. The Hall–Kier alpha value is -3.23. The van der Waals surface area contributed by atoms with Crippen LogP contribution in [0.25, 0.3) is 11.5 Å². The van der Waals surface area contributed by atoms with Crippen LogP contribution in [0.1, 0.15) is 27.4 Å². The fraction of sp³-hybridized carbons (Fsp3) is 0.400. The van der Waals surface area contributed by atoms with E-state index < -0.39 is 0 Å². The summed E-state index contributed by atoms with van der Waals surface area (Å²) in [7, 11) is 0. The molecule has 8 nitrogen and oxygen atoms in total. The minimum atomic E-state index is -0.265. The molecule has 3 heterocycles. The number of benzene rings is 2. The van der Waals surface area contributed by atoms with Gasteiger partial charge in [-0.05, 0) is 43.2 Å². The van der Waals surface area contributed by atoms with Gasteiger partial charge in [-0.15, -0.1) is 10.2 Å². The molecule has 3 aromatic rings. The van der Waals surface area contributed by atoms with Gasteiger partial charge in [0.2, 0.25) is 5.89 Å². The summed E-state index contributed by atoms with van der Waals surface area (Å²) in [6.07, 6.45) is -0.0442. The number of aromatic nitrogens is 2. The standard InChI is InChI=1S/C25H28N4O4/c1-17-3-6-20(7-4-17)23-26-27-24(33-23)25(30)29-15-21(16-29)32-22-8-5-19(13-18(22)2)14-28-9-11-31-12-10-28/h3-8,13,21H,9-12,14-16H2,1-2H3. The summed E-state index contributed by atoms with van der Waals surface area (Å²) in [5.74, 6) is 0.947. The Morgan fingerprint density at radius 2 is 1.82 bits per heavy atom. The molecule has 2 saturated heterocycles. The van der Waals surface area contributed by atoms with Gasteiger partial charge in [0.05, 0.1) is 26.3 Å². The van der Waals surface area contributed by atoms with Crippen molar-refractivity contribution in [1.82, 2.24) is 20.0 Å². The molecular formula is C25H28N4O4. The lowest BCUT2D eigenvalue weighted by Gasteiger charge is -2.38. The predicted octanol–water partition coefficient (Wildman–Crippen LogP) is 3.09. The summed E-state index contributed by atoms with van der Waals surface area (Å²) in [4.78, 5) is 16.7. The normalized spacial score (nSPS) is 17.1. The van der Waals surface area contributed by atoms with Gasteiger partial charge in [-0.25, -0.2) is 0 Å². The van der Waals surface area contributed by atoms with E-state index in [4.69, 9.17) is 13.9 Å². The van der Waals surface area contributed by atoms with Crippen LogP contribution in [-0.4, -0.2) is 71.4 Å². The van der Waals surface area contributed by atoms with Gasteiger partial charge >= 0.3 is 11.8 Å². The van der Waals surface area contributed by atoms with Gasteiger partial charge in [-0.2, -0.15) is 0 Å². The van der Waals surface area contributed by atoms with Gasteiger partial charge in [0.25, 0.3) is 0 Å². The van der Waals surface area contributed by atoms with Crippen LogP contribution in [0.15, 0.2) is 46.9 Å². The molecule has 8 heteroatoms. The number of hydrogen-bond acceptors (Lipinski definition) is 7. The number of morpholine rings is 1. The number of aryl methyl sites for hydroxylation is 2. The lowest BCUT2D eigenvalue weighted by atomic mass is 10.1. The molecule has 2 aliphatic heterocycles. The van der Waals surface area contributed by atoms with Crippen molar-refractivity contribution in [1.29, 1.82) is 0 Å². The average molecular weight is 449 g/mol. The van der Waals surface area contributed by atoms with Crippen molar-refractivity contribution in [2.75, 3.05) is 39.4 Å². The predicted molar refractivity (Wildman–Crippen MR) is 122 cm³/mol. The second-order valence-electron chi connectivity index (χ2n) is 8.72. The van der Waals surface area contributed by atoms with Gasteiger partial charge in [0.1, 0.15) is 11.9 Å². The zero-order valence-electron chi connectivity index (χ0n) is 19.0. The second kappa shape index (κ2) is 9.33. The monoisotopic (exact) mass is 448 g/mol. The maximum atomic E-state index is 12.7. The third-order valence-electron chi connectivity index (χ3n) is 6.08. The molecule has 0 radical (unpaired) electrons. The molecule has 0 atom stereocenters. The third-order valence-corrected chi connectivity index (χ3v) is 6.08. The van der Waals surface area contributed by atoms with E-state index in [-0.39, 0.29) is 17.9 Å². The molecule has 0 bridgehead atoms. The number of hydrogen-bond donors (Lipinski definition) is 0. The van der Waals surface area contributed by atoms with Crippen molar-refractivity contribution in [2.24, 2.45) is 0 Å². The van der Waals surface area contributed by atoms with E-state index in [1.807, 2.05) is 37.3 Å². The van der Waals surface area contributed by atoms with Crippen LogP contribution in [0, 0.1) is 13.8 Å². The molecule has 2 fully saturated rings. The summed E-state index contributed by atoms with van der Waals surface area (Å²) in [5, 5.41) is 7.96. The Morgan fingerprint density at radius 3 is 2.55 bits per heavy atom. The molecule has 1 aromatic heterocycles. The quantitative estimate of drug-likeness (QED) is 0.573. The zero-order chi connectivity index (χ0) is 22.8. The highest BCUT2D eigenvalue weighted by atomic mass is 16.5. The molecule has 0 spiro atoms. The molecule has 0 saturated carbocycles. The fourth-order valence-corrected chi connectivity index (χ4v) is 4.08. The van der Waals surface area contributed by atoms with Crippen molar-refractivity contribution in [3.8, 4) is 17.2 Å². The Bertz CT molecular complexity index is 1120. The smallest absolute Gasteiger partial charge is 0.311 e. The Morgan fingerprint density at radius 1 is 1.06 bits per heavy atom. The van der Waals surface area contributed by atoms with Gasteiger partial charge in [-0.1, -0.05) is 29.8 Å². The summed E-state index contributed by atoms with van der Waals surface area (Å²) >= 11 is 0. The van der Waals surface area contributed by atoms with E-state index in [9.17, 15) is 4.79 Å². The number of carbonyl (C=O) groups is 1. The first-order valence-electron chi connectivity index (χ1n) is 11.3. The summed E-state index contributed by atoms with van der Waals surface area (Å²) in [6.45, 7) is 9.52. The van der Waals surface area contributed by atoms with Crippen LogP contribution < -0.4 is 4.74 Å². The summed E-state index contributed by atoms with van der Waals surface area (Å²) in [6, 6.07) is 14.1. The third kappa shape index (κ3) is 4.91. The Balaban J connectivity index is 1.14. The minimum Gasteiger partial charge on any atom is -0.486 e. The van der Waals surface area contributed by atoms with Crippen LogP contribution in [0.2, 0.25) is 0 Å². The Labute approximate surface area is 193 Å². The topological polar surface area (TPSA) is 80.9 Å². The van der Waals surface area contributed by atoms with Gasteiger partial charge < -0.3 is 18.8 Å². The van der Waals surface area contributed by atoms with Crippen molar-refractivity contribution >= 4 is 5.91 Å². The lowest BCUT2D eigenvalue weighted by Crippen LogP contribution is -2.56. The largest absolute Gasteiger partial charge is 0.486 e. The highest BCUT2D eigenvalue weighted by Crippen LogP contribution is 2.25. The van der Waals surface area contributed by atoms with Gasteiger partial charge in [0.15, 0.2) is 0 Å². The molecule has 33 heavy (non-hydrogen) atoms. The molecule has 1 amide bonds. The highest BCUT2D eigenvalue weighted by molar-refractivity contribution is 5.90. The van der Waals surface area contributed by atoms with Crippen LogP contribution in [0.5, 0.6) is 5.75 Å². The van der Waals surface area contributed by atoms with E-state index in [1.54, 1.807) is 4.90 Å². The number of amides is 1. The molecule has 5 rings (SSSR count). The number of ether oxygens (including phenoxy) is 2. The van der Waals surface area contributed by atoms with Crippen LogP contribution in [0.4, 0.5) is 0 Å². The molecule has 0 N–H and O–H groups in total. The summed E-state index contributed by atoms with van der Waals surface area (Å²) < 4.78 is 17.2. The van der Waals surface area contributed by atoms with E-state index in [0.717, 1.165) is 55.3 Å². The zero-order valence-corrected chi connectivity index (χ0v) is 19.0. The van der Waals surface area contributed by atoms with E-state index in [2.05, 4.69) is 34.2 Å². The minimum absolute atomic E-state index is 0.00710. The van der Waals surface area contributed by atoms with Gasteiger partial charge in [0, 0.05) is 25.2 Å². The summed E-state index contributed by atoms with van der Waals surface area (Å²) in [5.41, 5.74) is 4.31. The maximum Gasteiger partial charge on any atom is 0.311 e. The average Bonchev–Trinajstić information content (AvgIpc) is 3.28. The SMILES string of the molecule is Cc1ccc(-c2nnc(C(=O)N3CC(Oc4ccc(CN5CCOCC5)cc4C)C3)o2)cc1. The number of likely N-dealkylation sites (tertiary alicyclic amines) is 1. The van der Waals surface area contributed by atoms with Crippen molar-refractivity contribution in [3.05, 3.63) is 65.0 Å². The number of carbonyl (C=O) groups excluding carboxylic acids is 1. The fourth-order valence-electron chi connectivity index (χ4n) is 4.08. The van der Waals surface area contributed by atoms with Crippen molar-refractivity contribution in [2.45, 2.75) is 26.5 Å². The Kier molecular flexibility index (Phi) is 6.11. The first-order valence-corrected chi connectivity index (χ1v) is 11.3. The second-order valence-corrected chi connectivity index (χ2v) is 8.72.